The molecule has 7 aromatic rings. The van der Waals surface area contributed by atoms with Gasteiger partial charge in [-0.15, -0.1) is 0 Å². The minimum absolute atomic E-state index is 0.193. The molecule has 2 aliphatic heterocycles. The second-order valence-corrected chi connectivity index (χ2v) is 21.4. The van der Waals surface area contributed by atoms with Gasteiger partial charge in [-0.25, -0.2) is 0 Å². The Morgan fingerprint density at radius 2 is 1.04 bits per heavy atom. The third-order valence-electron chi connectivity index (χ3n) is 13.2. The van der Waals surface area contributed by atoms with Crippen molar-refractivity contribution in [2.24, 2.45) is 21.3 Å². The molecule has 340 valence electrons. The molecule has 6 nitrogen and oxygen atoms in total. The van der Waals surface area contributed by atoms with E-state index in [0.29, 0.717) is 18.7 Å². The summed E-state index contributed by atoms with van der Waals surface area (Å²) in [6, 6.07) is 49.2. The van der Waals surface area contributed by atoms with Crippen molar-refractivity contribution in [1.29, 1.82) is 0 Å². The van der Waals surface area contributed by atoms with Gasteiger partial charge in [0.1, 0.15) is 5.75 Å². The number of rotatable bonds is 10. The third-order valence-corrected chi connectivity index (χ3v) is 15.4. The molecule has 10 rings (SSSR count). The van der Waals surface area contributed by atoms with Crippen LogP contribution >= 0.6 is 23.5 Å². The van der Waals surface area contributed by atoms with Gasteiger partial charge in [0.15, 0.2) is 0 Å². The Bertz CT molecular complexity index is 3100. The fraction of sp³-hybridized carbons (Fsp3) is 0.200. The number of phenolic OH excluding ortho intramolecular Hbond substituents is 1. The van der Waals surface area contributed by atoms with Crippen molar-refractivity contribution in [1.82, 2.24) is 0 Å². The first kappa shape index (κ1) is 45.2. The Balaban J connectivity index is 0.792. The maximum Gasteiger partial charge on any atom is 0.124 e. The summed E-state index contributed by atoms with van der Waals surface area (Å²) in [5.74, 6) is -0.0841. The number of anilines is 6. The first-order valence-electron chi connectivity index (χ1n) is 23.3. The number of nitrogens with zero attached hydrogens (tertiary/aromatic N) is 4. The number of hydrogen-bond donors (Lipinski definition) is 2. The molecule has 7 aromatic carbocycles. The first-order chi connectivity index (χ1) is 32.7. The minimum Gasteiger partial charge on any atom is -0.507 e. The van der Waals surface area contributed by atoms with Gasteiger partial charge < -0.3 is 20.0 Å². The van der Waals surface area contributed by atoms with Crippen molar-refractivity contribution in [3.8, 4) is 16.9 Å². The number of aryl methyl sites for hydroxylation is 4. The normalized spacial score (nSPS) is 17.5. The molecule has 68 heavy (non-hydrogen) atoms. The number of para-hydroxylation sites is 4. The van der Waals surface area contributed by atoms with Crippen molar-refractivity contribution < 1.29 is 10.2 Å². The van der Waals surface area contributed by atoms with Gasteiger partial charge in [-0.05, 0) is 170 Å². The van der Waals surface area contributed by atoms with E-state index in [1.165, 1.54) is 42.3 Å². The summed E-state index contributed by atoms with van der Waals surface area (Å²) in [6.45, 7) is 15.8. The van der Waals surface area contributed by atoms with E-state index in [-0.39, 0.29) is 17.1 Å². The van der Waals surface area contributed by atoms with E-state index >= 15 is 0 Å². The fourth-order valence-electron chi connectivity index (χ4n) is 9.90. The molecule has 8 heteroatoms. The zero-order valence-electron chi connectivity index (χ0n) is 39.7. The van der Waals surface area contributed by atoms with Crippen LogP contribution < -0.4 is 9.80 Å². The number of aliphatic hydroxyl groups is 1. The Morgan fingerprint density at radius 3 is 1.50 bits per heavy atom. The van der Waals surface area contributed by atoms with E-state index in [0.717, 1.165) is 55.9 Å². The summed E-state index contributed by atoms with van der Waals surface area (Å²) in [6.07, 6.45) is 9.83. The lowest BCUT2D eigenvalue weighted by atomic mass is 9.80. The number of fused-ring (bicyclic) bond motifs is 4. The van der Waals surface area contributed by atoms with Crippen LogP contribution in [0.5, 0.6) is 5.75 Å². The Kier molecular flexibility index (Phi) is 12.1. The molecule has 1 aliphatic carbocycles. The van der Waals surface area contributed by atoms with Crippen molar-refractivity contribution in [3.05, 3.63) is 191 Å². The summed E-state index contributed by atoms with van der Waals surface area (Å²) < 4.78 is 0. The lowest BCUT2D eigenvalue weighted by Crippen LogP contribution is -2.34. The quantitative estimate of drug-likeness (QED) is 0.133. The van der Waals surface area contributed by atoms with Crippen LogP contribution in [0.1, 0.15) is 54.2 Å². The molecule has 0 spiro atoms. The number of hydrogen-bond acceptors (Lipinski definition) is 8. The van der Waals surface area contributed by atoms with Crippen LogP contribution in [-0.4, -0.2) is 41.3 Å². The monoisotopic (exact) mass is 928 g/mol. The van der Waals surface area contributed by atoms with Crippen molar-refractivity contribution >= 4 is 75.7 Å². The maximum absolute atomic E-state index is 11.8. The van der Waals surface area contributed by atoms with E-state index in [1.54, 1.807) is 6.21 Å². The van der Waals surface area contributed by atoms with Gasteiger partial charge in [-0.3, -0.25) is 9.98 Å². The van der Waals surface area contributed by atoms with Gasteiger partial charge in [0.25, 0.3) is 0 Å². The molecular formula is C60H56N4O2S2. The summed E-state index contributed by atoms with van der Waals surface area (Å²) >= 11 is 3.62. The Morgan fingerprint density at radius 1 is 0.603 bits per heavy atom. The van der Waals surface area contributed by atoms with Gasteiger partial charge in [-0.1, -0.05) is 104 Å². The SMILES string of the molecule is Cc1cc(N2c3ccccc3Sc3ccccc32)cc(C)c1C1=CC(C)(O)C(C=NCC(C)(C)CN=Cc2ccc(-c3c(C)cc(N4c5ccccc5Sc5ccccc54)cc3C)cc2O)C=C1. The lowest BCUT2D eigenvalue weighted by Gasteiger charge is -2.34. The summed E-state index contributed by atoms with van der Waals surface area (Å²) in [5, 5.41) is 23.1. The molecule has 2 atom stereocenters. The topological polar surface area (TPSA) is 71.7 Å². The molecule has 0 aromatic heterocycles. The van der Waals surface area contributed by atoms with Gasteiger partial charge in [0.05, 0.1) is 28.4 Å². The number of benzene rings is 7. The van der Waals surface area contributed by atoms with Crippen LogP contribution in [0.25, 0.3) is 16.7 Å². The van der Waals surface area contributed by atoms with Gasteiger partial charge in [-0.2, -0.15) is 0 Å². The van der Waals surface area contributed by atoms with Gasteiger partial charge in [0.2, 0.25) is 0 Å². The Labute approximate surface area is 409 Å². The Hall–Kier alpha value is -6.58. The highest BCUT2D eigenvalue weighted by Gasteiger charge is 2.32. The lowest BCUT2D eigenvalue weighted by molar-refractivity contribution is 0.0928. The molecule has 0 saturated heterocycles. The highest BCUT2D eigenvalue weighted by molar-refractivity contribution is 8.00. The molecule has 3 aliphatic rings. The zero-order chi connectivity index (χ0) is 47.3. The highest BCUT2D eigenvalue weighted by atomic mass is 32.2. The molecule has 0 radical (unpaired) electrons. The number of allylic oxidation sites excluding steroid dienone is 2. The number of phenols is 1. The predicted molar refractivity (Wildman–Crippen MR) is 287 cm³/mol. The molecule has 0 bridgehead atoms. The average molecular weight is 929 g/mol. The molecule has 0 saturated carbocycles. The van der Waals surface area contributed by atoms with Crippen LogP contribution in [0.2, 0.25) is 0 Å². The molecule has 0 fully saturated rings. The molecule has 2 heterocycles. The van der Waals surface area contributed by atoms with Crippen LogP contribution in [0.15, 0.2) is 187 Å². The minimum atomic E-state index is -1.12. The van der Waals surface area contributed by atoms with E-state index < -0.39 is 5.60 Å². The van der Waals surface area contributed by atoms with Crippen LogP contribution in [0.4, 0.5) is 34.1 Å². The third kappa shape index (κ3) is 8.73. The average Bonchev–Trinajstić information content (AvgIpc) is 3.30. The molecule has 2 unspecified atom stereocenters. The number of aliphatic imine (C=N–C) groups is 2. The predicted octanol–water partition coefficient (Wildman–Crippen LogP) is 15.7. The van der Waals surface area contributed by atoms with Gasteiger partial charge in [0, 0.05) is 73.4 Å². The fourth-order valence-corrected chi connectivity index (χ4v) is 12.0. The molecular weight excluding hydrogens is 873 g/mol. The number of aromatic hydroxyl groups is 1. The van der Waals surface area contributed by atoms with Crippen molar-refractivity contribution in [3.63, 3.8) is 0 Å². The van der Waals surface area contributed by atoms with Crippen molar-refractivity contribution in [2.75, 3.05) is 22.9 Å². The van der Waals surface area contributed by atoms with E-state index in [2.05, 4.69) is 191 Å². The van der Waals surface area contributed by atoms with Crippen LogP contribution in [0, 0.1) is 39.0 Å². The smallest absolute Gasteiger partial charge is 0.124 e. The van der Waals surface area contributed by atoms with E-state index in [4.69, 9.17) is 9.98 Å². The molecule has 0 amide bonds. The molecule has 2 N–H and O–H groups in total. The second-order valence-electron chi connectivity index (χ2n) is 19.3. The van der Waals surface area contributed by atoms with E-state index in [1.807, 2.05) is 54.9 Å². The van der Waals surface area contributed by atoms with Crippen LogP contribution in [-0.2, 0) is 0 Å². The summed E-state index contributed by atoms with van der Waals surface area (Å²) in [7, 11) is 0. The maximum atomic E-state index is 11.8. The largest absolute Gasteiger partial charge is 0.507 e. The highest BCUT2D eigenvalue weighted by Crippen LogP contribution is 2.53. The van der Waals surface area contributed by atoms with Crippen LogP contribution in [0.3, 0.4) is 0 Å². The standard InChI is InChI=1S/C60H56N4O2S2/c1-38-28-46(63-48-16-8-12-20-53(48)67-54-21-13-9-17-49(54)63)29-39(2)57(38)42-24-25-44(52(65)32-42)34-61-36-59(5,6)37-62-35-45-27-26-43(33-60(45,7)66)58-40(3)30-47(31-41(58)4)64-50-18-10-14-22-55(50)68-56-23-15-11-19-51(56)64/h8-35,45,65-66H,36-37H2,1-7H3. The second kappa shape index (κ2) is 18.1. The summed E-state index contributed by atoms with van der Waals surface area (Å²) in [4.78, 5) is 19.3. The zero-order valence-corrected chi connectivity index (χ0v) is 41.3. The van der Waals surface area contributed by atoms with E-state index in [9.17, 15) is 10.2 Å². The van der Waals surface area contributed by atoms with Crippen molar-refractivity contribution in [2.45, 2.75) is 73.6 Å². The van der Waals surface area contributed by atoms with Gasteiger partial charge >= 0.3 is 0 Å². The first-order valence-corrected chi connectivity index (χ1v) is 24.9. The summed E-state index contributed by atoms with van der Waals surface area (Å²) in [5.41, 5.74) is 15.1.